The molecule has 1 N–H and O–H groups in total. The van der Waals surface area contributed by atoms with E-state index in [4.69, 9.17) is 0 Å². The van der Waals surface area contributed by atoms with Gasteiger partial charge in [-0.15, -0.1) is 0 Å². The van der Waals surface area contributed by atoms with Gasteiger partial charge in [-0.2, -0.15) is 0 Å². The van der Waals surface area contributed by atoms with Crippen LogP contribution in [0.15, 0.2) is 18.2 Å². The van der Waals surface area contributed by atoms with E-state index in [9.17, 15) is 9.59 Å². The second-order valence-corrected chi connectivity index (χ2v) is 6.84. The first-order chi connectivity index (χ1) is 8.75. The normalized spacial score (nSPS) is 22.8. The Hall–Kier alpha value is -1.64. The summed E-state index contributed by atoms with van der Waals surface area (Å²) in [6.07, 6.45) is 0.383. The van der Waals surface area contributed by atoms with E-state index in [2.05, 4.69) is 33.0 Å². The molecule has 100 valence electrons. The van der Waals surface area contributed by atoms with Gasteiger partial charge in [-0.3, -0.25) is 9.59 Å². The van der Waals surface area contributed by atoms with Crippen LogP contribution in [0.1, 0.15) is 43.6 Å². The van der Waals surface area contributed by atoms with Crippen LogP contribution in [0.5, 0.6) is 0 Å². The highest BCUT2D eigenvalue weighted by Crippen LogP contribution is 2.69. The van der Waals surface area contributed by atoms with Crippen LogP contribution in [0.3, 0.4) is 0 Å². The number of rotatable bonds is 2. The van der Waals surface area contributed by atoms with E-state index < -0.39 is 0 Å². The van der Waals surface area contributed by atoms with Crippen LogP contribution in [-0.2, 0) is 11.2 Å². The molecule has 1 heterocycles. The van der Waals surface area contributed by atoms with Gasteiger partial charge in [0.05, 0.1) is 6.42 Å². The van der Waals surface area contributed by atoms with Crippen LogP contribution < -0.4 is 5.32 Å². The minimum Gasteiger partial charge on any atom is -0.326 e. The largest absolute Gasteiger partial charge is 0.326 e. The molecule has 3 nitrogen and oxygen atoms in total. The Morgan fingerprint density at radius 1 is 1.21 bits per heavy atom. The minimum atomic E-state index is 0.00619. The number of carbonyl (C=O) groups is 2. The van der Waals surface area contributed by atoms with E-state index in [1.54, 1.807) is 0 Å². The molecule has 0 unspecified atom stereocenters. The summed E-state index contributed by atoms with van der Waals surface area (Å²) < 4.78 is 0. The van der Waals surface area contributed by atoms with Gasteiger partial charge in [0.25, 0.3) is 0 Å². The maximum Gasteiger partial charge on any atom is 0.228 e. The van der Waals surface area contributed by atoms with E-state index in [0.29, 0.717) is 6.42 Å². The van der Waals surface area contributed by atoms with Gasteiger partial charge in [0, 0.05) is 17.2 Å². The van der Waals surface area contributed by atoms with Crippen LogP contribution in [-0.4, -0.2) is 11.7 Å². The third-order valence-corrected chi connectivity index (χ3v) is 5.30. The molecular formula is C16H19NO2. The Bertz CT molecular complexity index is 585. The molecule has 1 amide bonds. The number of benzene rings is 1. The van der Waals surface area contributed by atoms with Crippen molar-refractivity contribution >= 4 is 17.4 Å². The van der Waals surface area contributed by atoms with E-state index in [1.165, 1.54) is 0 Å². The number of carbonyl (C=O) groups excluding carboxylic acids is 2. The zero-order valence-corrected chi connectivity index (χ0v) is 11.8. The lowest BCUT2D eigenvalue weighted by Gasteiger charge is -2.05. The summed E-state index contributed by atoms with van der Waals surface area (Å²) in [5.74, 6) is 0.284. The average molecular weight is 257 g/mol. The molecule has 1 aromatic carbocycles. The van der Waals surface area contributed by atoms with E-state index >= 15 is 0 Å². The van der Waals surface area contributed by atoms with E-state index in [1.807, 2.05) is 18.2 Å². The van der Waals surface area contributed by atoms with Crippen molar-refractivity contribution in [3.05, 3.63) is 29.3 Å². The second-order valence-electron chi connectivity index (χ2n) is 6.84. The topological polar surface area (TPSA) is 46.2 Å². The quantitative estimate of drug-likeness (QED) is 0.828. The molecule has 1 saturated carbocycles. The smallest absolute Gasteiger partial charge is 0.228 e. The number of fused-ring (bicyclic) bond motifs is 1. The molecule has 0 saturated heterocycles. The van der Waals surface area contributed by atoms with Crippen molar-refractivity contribution in [1.29, 1.82) is 0 Å². The summed E-state index contributed by atoms with van der Waals surface area (Å²) in [7, 11) is 0. The van der Waals surface area contributed by atoms with Gasteiger partial charge >= 0.3 is 0 Å². The monoisotopic (exact) mass is 257 g/mol. The highest BCUT2D eigenvalue weighted by molar-refractivity contribution is 6.04. The lowest BCUT2D eigenvalue weighted by atomic mass is 9.99. The van der Waals surface area contributed by atoms with Gasteiger partial charge in [-0.1, -0.05) is 27.7 Å². The standard InChI is InChI=1S/C16H19NO2/c1-15(2)14(16(15,3)4)13(19)9-5-6-11-10(7-9)8-12(18)17-11/h5-7,14H,8H2,1-4H3,(H,17,18). The van der Waals surface area contributed by atoms with E-state index in [-0.39, 0.29) is 28.4 Å². The first-order valence-corrected chi connectivity index (χ1v) is 6.72. The highest BCUT2D eigenvalue weighted by Gasteiger charge is 2.67. The fraction of sp³-hybridized carbons (Fsp3) is 0.500. The highest BCUT2D eigenvalue weighted by atomic mass is 16.2. The molecular weight excluding hydrogens is 238 g/mol. The molecule has 0 bridgehead atoms. The molecule has 0 radical (unpaired) electrons. The third kappa shape index (κ3) is 1.57. The average Bonchev–Trinajstić information content (AvgIpc) is 2.58. The van der Waals surface area contributed by atoms with Crippen molar-refractivity contribution in [1.82, 2.24) is 0 Å². The molecule has 19 heavy (non-hydrogen) atoms. The number of anilines is 1. The number of amides is 1. The minimum absolute atomic E-state index is 0.00619. The zero-order chi connectivity index (χ0) is 14.0. The summed E-state index contributed by atoms with van der Waals surface area (Å²) in [6.45, 7) is 8.59. The van der Waals surface area contributed by atoms with Gasteiger partial charge in [0.1, 0.15) is 0 Å². The molecule has 3 heteroatoms. The predicted molar refractivity (Wildman–Crippen MR) is 74.2 cm³/mol. The Balaban J connectivity index is 1.91. The summed E-state index contributed by atoms with van der Waals surface area (Å²) in [5.41, 5.74) is 2.62. The van der Waals surface area contributed by atoms with Gasteiger partial charge in [-0.05, 0) is 34.6 Å². The molecule has 3 rings (SSSR count). The lowest BCUT2D eigenvalue weighted by Crippen LogP contribution is -2.07. The molecule has 0 spiro atoms. The number of nitrogens with one attached hydrogen (secondary N) is 1. The molecule has 1 aliphatic carbocycles. The maximum atomic E-state index is 12.6. The van der Waals surface area contributed by atoms with Crippen molar-refractivity contribution in [2.24, 2.45) is 16.7 Å². The summed E-state index contributed by atoms with van der Waals surface area (Å²) in [5, 5.41) is 2.79. The first-order valence-electron chi connectivity index (χ1n) is 6.72. The number of hydrogen-bond donors (Lipinski definition) is 1. The fourth-order valence-electron chi connectivity index (χ4n) is 3.40. The van der Waals surface area contributed by atoms with Crippen LogP contribution >= 0.6 is 0 Å². The Labute approximate surface area is 113 Å². The summed E-state index contributed by atoms with van der Waals surface area (Å²) in [6, 6.07) is 5.55. The molecule has 1 aliphatic heterocycles. The van der Waals surface area contributed by atoms with Gasteiger partial charge < -0.3 is 5.32 Å². The van der Waals surface area contributed by atoms with Crippen LogP contribution in [0.2, 0.25) is 0 Å². The fourth-order valence-corrected chi connectivity index (χ4v) is 3.40. The van der Waals surface area contributed by atoms with Crippen molar-refractivity contribution in [3.63, 3.8) is 0 Å². The number of Topliss-reactive ketones (excluding diaryl/α,β-unsaturated/α-hetero) is 1. The first kappa shape index (κ1) is 12.4. The third-order valence-electron chi connectivity index (χ3n) is 5.30. The SMILES string of the molecule is CC1(C)C(C(=O)c2ccc3c(c2)CC(=O)N3)C1(C)C. The van der Waals surface area contributed by atoms with Crippen LogP contribution in [0, 0.1) is 16.7 Å². The molecule has 0 aromatic heterocycles. The van der Waals surface area contributed by atoms with Crippen molar-refractivity contribution in [2.45, 2.75) is 34.1 Å². The Morgan fingerprint density at radius 3 is 2.42 bits per heavy atom. The van der Waals surface area contributed by atoms with Gasteiger partial charge in [-0.25, -0.2) is 0 Å². The predicted octanol–water partition coefficient (Wildman–Crippen LogP) is 3.05. The molecule has 2 aliphatic rings. The number of hydrogen-bond acceptors (Lipinski definition) is 2. The number of ketones is 1. The molecule has 0 atom stereocenters. The van der Waals surface area contributed by atoms with Crippen LogP contribution in [0.4, 0.5) is 5.69 Å². The van der Waals surface area contributed by atoms with Crippen molar-refractivity contribution in [2.75, 3.05) is 5.32 Å². The molecule has 1 fully saturated rings. The second kappa shape index (κ2) is 3.47. The van der Waals surface area contributed by atoms with E-state index in [0.717, 1.165) is 16.8 Å². The summed E-state index contributed by atoms with van der Waals surface area (Å²) >= 11 is 0. The lowest BCUT2D eigenvalue weighted by molar-refractivity contribution is -0.115. The Morgan fingerprint density at radius 2 is 1.84 bits per heavy atom. The summed E-state index contributed by atoms with van der Waals surface area (Å²) in [4.78, 5) is 24.0. The van der Waals surface area contributed by atoms with Gasteiger partial charge in [0.2, 0.25) is 5.91 Å². The maximum absolute atomic E-state index is 12.6. The molecule has 1 aromatic rings. The van der Waals surface area contributed by atoms with Gasteiger partial charge in [0.15, 0.2) is 5.78 Å². The Kier molecular flexibility index (Phi) is 2.26. The van der Waals surface area contributed by atoms with Crippen molar-refractivity contribution < 1.29 is 9.59 Å². The van der Waals surface area contributed by atoms with Crippen LogP contribution in [0.25, 0.3) is 0 Å². The zero-order valence-electron chi connectivity index (χ0n) is 11.8. The van der Waals surface area contributed by atoms with Crippen molar-refractivity contribution in [3.8, 4) is 0 Å².